The van der Waals surface area contributed by atoms with E-state index in [-0.39, 0.29) is 12.1 Å². The summed E-state index contributed by atoms with van der Waals surface area (Å²) in [6.07, 6.45) is 0.698. The van der Waals surface area contributed by atoms with Crippen LogP contribution in [0.15, 0.2) is 18.2 Å². The van der Waals surface area contributed by atoms with Crippen molar-refractivity contribution < 1.29 is 14.3 Å². The number of anilines is 2. The summed E-state index contributed by atoms with van der Waals surface area (Å²) < 4.78 is 10.8. The molecule has 1 saturated heterocycles. The van der Waals surface area contributed by atoms with E-state index in [9.17, 15) is 4.79 Å². The number of fused-ring (bicyclic) bond motifs is 1. The summed E-state index contributed by atoms with van der Waals surface area (Å²) in [5.41, 5.74) is 3.45. The molecule has 1 atom stereocenters. The van der Waals surface area contributed by atoms with Gasteiger partial charge in [0.05, 0.1) is 13.2 Å². The molecule has 2 heterocycles. The molecule has 6 heteroatoms. The lowest BCUT2D eigenvalue weighted by Gasteiger charge is -2.30. The second-order valence-corrected chi connectivity index (χ2v) is 8.16. The largest absolute Gasteiger partial charge is 0.444 e. The SMILES string of the molecule is C[C@@H](CN1CCc2ccc(N3CCOCC3)cc21)NC(=O)OC(C)(C)C. The summed E-state index contributed by atoms with van der Waals surface area (Å²) in [5.74, 6) is 0. The molecule has 144 valence electrons. The van der Waals surface area contributed by atoms with Crippen LogP contribution in [0.25, 0.3) is 0 Å². The highest BCUT2D eigenvalue weighted by atomic mass is 16.6. The number of hydrogen-bond acceptors (Lipinski definition) is 5. The molecule has 2 aliphatic rings. The molecule has 1 amide bonds. The third-order valence-electron chi connectivity index (χ3n) is 4.69. The summed E-state index contributed by atoms with van der Waals surface area (Å²) in [6.45, 7) is 12.9. The van der Waals surface area contributed by atoms with Crippen molar-refractivity contribution in [3.05, 3.63) is 23.8 Å². The Balaban J connectivity index is 1.62. The van der Waals surface area contributed by atoms with E-state index >= 15 is 0 Å². The highest BCUT2D eigenvalue weighted by Gasteiger charge is 2.24. The van der Waals surface area contributed by atoms with Crippen LogP contribution in [0.1, 0.15) is 33.3 Å². The number of rotatable bonds is 4. The van der Waals surface area contributed by atoms with Crippen LogP contribution in [0.2, 0.25) is 0 Å². The number of carbonyl (C=O) groups is 1. The second-order valence-electron chi connectivity index (χ2n) is 8.16. The Labute approximate surface area is 156 Å². The van der Waals surface area contributed by atoms with Gasteiger partial charge in [-0.05, 0) is 51.8 Å². The Kier molecular flexibility index (Phi) is 5.61. The molecule has 0 unspecified atom stereocenters. The number of alkyl carbamates (subject to hydrolysis) is 1. The monoisotopic (exact) mass is 361 g/mol. The van der Waals surface area contributed by atoms with Gasteiger partial charge in [-0.25, -0.2) is 4.79 Å². The maximum atomic E-state index is 12.0. The average molecular weight is 361 g/mol. The molecule has 0 bridgehead atoms. The predicted octanol–water partition coefficient (Wildman–Crippen LogP) is 2.80. The zero-order chi connectivity index (χ0) is 18.7. The summed E-state index contributed by atoms with van der Waals surface area (Å²) in [7, 11) is 0. The fourth-order valence-corrected chi connectivity index (χ4v) is 3.53. The van der Waals surface area contributed by atoms with E-state index in [0.29, 0.717) is 0 Å². The standard InChI is InChI=1S/C20H31N3O3/c1-15(21-19(24)26-20(2,3)4)14-23-8-7-16-5-6-17(13-18(16)23)22-9-11-25-12-10-22/h5-6,13,15H,7-12,14H2,1-4H3,(H,21,24)/t15-/m0/s1. The number of nitrogens with one attached hydrogen (secondary N) is 1. The molecule has 6 nitrogen and oxygen atoms in total. The fourth-order valence-electron chi connectivity index (χ4n) is 3.53. The quantitative estimate of drug-likeness (QED) is 0.894. The molecule has 1 aromatic carbocycles. The van der Waals surface area contributed by atoms with Gasteiger partial charge in [0.1, 0.15) is 5.60 Å². The summed E-state index contributed by atoms with van der Waals surface area (Å²) in [4.78, 5) is 16.7. The van der Waals surface area contributed by atoms with E-state index in [1.807, 2.05) is 27.7 Å². The Morgan fingerprint density at radius 1 is 1.27 bits per heavy atom. The van der Waals surface area contributed by atoms with Crippen LogP contribution in [-0.4, -0.2) is 57.1 Å². The second kappa shape index (κ2) is 7.74. The number of carbonyl (C=O) groups excluding carboxylic acids is 1. The van der Waals surface area contributed by atoms with Crippen molar-refractivity contribution in [1.29, 1.82) is 0 Å². The maximum Gasteiger partial charge on any atom is 0.407 e. The van der Waals surface area contributed by atoms with E-state index in [0.717, 1.165) is 45.8 Å². The first-order valence-electron chi connectivity index (χ1n) is 9.52. The molecule has 1 fully saturated rings. The highest BCUT2D eigenvalue weighted by molar-refractivity contribution is 5.69. The normalized spacial score (nSPS) is 18.5. The van der Waals surface area contributed by atoms with Gasteiger partial charge in [-0.2, -0.15) is 0 Å². The van der Waals surface area contributed by atoms with Crippen molar-refractivity contribution in [2.24, 2.45) is 0 Å². The first-order chi connectivity index (χ1) is 12.3. The van der Waals surface area contributed by atoms with Gasteiger partial charge in [0.2, 0.25) is 0 Å². The molecule has 0 aliphatic carbocycles. The first kappa shape index (κ1) is 18.8. The van der Waals surface area contributed by atoms with Gasteiger partial charge in [-0.15, -0.1) is 0 Å². The van der Waals surface area contributed by atoms with Crippen molar-refractivity contribution in [2.45, 2.75) is 45.8 Å². The van der Waals surface area contributed by atoms with Crippen LogP contribution >= 0.6 is 0 Å². The summed E-state index contributed by atoms with van der Waals surface area (Å²) >= 11 is 0. The average Bonchev–Trinajstić information content (AvgIpc) is 2.96. The van der Waals surface area contributed by atoms with Gasteiger partial charge in [0, 0.05) is 43.6 Å². The first-order valence-corrected chi connectivity index (χ1v) is 9.52. The number of hydrogen-bond donors (Lipinski definition) is 1. The van der Waals surface area contributed by atoms with Crippen LogP contribution in [0, 0.1) is 0 Å². The van der Waals surface area contributed by atoms with Crippen LogP contribution in [0.4, 0.5) is 16.2 Å². The van der Waals surface area contributed by atoms with Crippen molar-refractivity contribution in [1.82, 2.24) is 5.32 Å². The van der Waals surface area contributed by atoms with Crippen LogP contribution in [0.3, 0.4) is 0 Å². The fraction of sp³-hybridized carbons (Fsp3) is 0.650. The van der Waals surface area contributed by atoms with Crippen LogP contribution in [-0.2, 0) is 15.9 Å². The minimum Gasteiger partial charge on any atom is -0.444 e. The van der Waals surface area contributed by atoms with E-state index < -0.39 is 5.60 Å². The Morgan fingerprint density at radius 3 is 2.69 bits per heavy atom. The highest BCUT2D eigenvalue weighted by Crippen LogP contribution is 2.32. The third kappa shape index (κ3) is 4.81. The lowest BCUT2D eigenvalue weighted by Crippen LogP contribution is -2.43. The number of ether oxygens (including phenoxy) is 2. The molecule has 0 saturated carbocycles. The number of amides is 1. The topological polar surface area (TPSA) is 54.0 Å². The van der Waals surface area contributed by atoms with Crippen LogP contribution < -0.4 is 15.1 Å². The Bertz CT molecular complexity index is 636. The molecule has 0 aromatic heterocycles. The zero-order valence-electron chi connectivity index (χ0n) is 16.4. The van der Waals surface area contributed by atoms with Gasteiger partial charge in [-0.1, -0.05) is 6.07 Å². The predicted molar refractivity (Wildman–Crippen MR) is 104 cm³/mol. The minimum atomic E-state index is -0.475. The van der Waals surface area contributed by atoms with Crippen molar-refractivity contribution in [2.75, 3.05) is 49.2 Å². The van der Waals surface area contributed by atoms with Gasteiger partial charge in [-0.3, -0.25) is 0 Å². The molecule has 0 spiro atoms. The lowest BCUT2D eigenvalue weighted by atomic mass is 10.1. The molecule has 0 radical (unpaired) electrons. The Hall–Kier alpha value is -1.95. The third-order valence-corrected chi connectivity index (χ3v) is 4.69. The smallest absolute Gasteiger partial charge is 0.407 e. The number of morpholine rings is 1. The van der Waals surface area contributed by atoms with E-state index in [1.165, 1.54) is 16.9 Å². The van der Waals surface area contributed by atoms with Gasteiger partial charge >= 0.3 is 6.09 Å². The van der Waals surface area contributed by atoms with Crippen molar-refractivity contribution in [3.8, 4) is 0 Å². The molecule has 2 aliphatic heterocycles. The molecule has 1 N–H and O–H groups in total. The van der Waals surface area contributed by atoms with Gasteiger partial charge in [0.15, 0.2) is 0 Å². The van der Waals surface area contributed by atoms with Gasteiger partial charge < -0.3 is 24.6 Å². The lowest BCUT2D eigenvalue weighted by molar-refractivity contribution is 0.0510. The summed E-state index contributed by atoms with van der Waals surface area (Å²) in [5, 5.41) is 2.94. The minimum absolute atomic E-state index is 0.0165. The van der Waals surface area contributed by atoms with Crippen molar-refractivity contribution in [3.63, 3.8) is 0 Å². The van der Waals surface area contributed by atoms with Crippen molar-refractivity contribution >= 4 is 17.5 Å². The van der Waals surface area contributed by atoms with Gasteiger partial charge in [0.25, 0.3) is 0 Å². The number of nitrogens with zero attached hydrogens (tertiary/aromatic N) is 2. The molecular weight excluding hydrogens is 330 g/mol. The van der Waals surface area contributed by atoms with Crippen LogP contribution in [0.5, 0.6) is 0 Å². The molecule has 1 aromatic rings. The van der Waals surface area contributed by atoms with E-state index in [2.05, 4.69) is 33.3 Å². The molecular formula is C20H31N3O3. The Morgan fingerprint density at radius 2 is 2.00 bits per heavy atom. The van der Waals surface area contributed by atoms with E-state index in [4.69, 9.17) is 9.47 Å². The number of benzene rings is 1. The maximum absolute atomic E-state index is 12.0. The summed E-state index contributed by atoms with van der Waals surface area (Å²) in [6, 6.07) is 6.76. The van der Waals surface area contributed by atoms with E-state index in [1.54, 1.807) is 0 Å². The molecule has 3 rings (SSSR count). The zero-order valence-corrected chi connectivity index (χ0v) is 16.4. The molecule has 26 heavy (non-hydrogen) atoms.